The van der Waals surface area contributed by atoms with Crippen molar-refractivity contribution in [1.29, 1.82) is 0 Å². The highest BCUT2D eigenvalue weighted by Gasteiger charge is 2.55. The van der Waals surface area contributed by atoms with E-state index in [1.54, 1.807) is 0 Å². The van der Waals surface area contributed by atoms with Crippen LogP contribution in [0, 0.1) is 17.3 Å². The summed E-state index contributed by atoms with van der Waals surface area (Å²) >= 11 is 0. The number of rotatable bonds is 4. The van der Waals surface area contributed by atoms with Crippen molar-refractivity contribution in [2.45, 2.75) is 64.4 Å². The van der Waals surface area contributed by atoms with Gasteiger partial charge >= 0.3 is 0 Å². The number of hydrogen-bond donors (Lipinski definition) is 1. The summed E-state index contributed by atoms with van der Waals surface area (Å²) in [5.74, 6) is 3.44. The molecule has 0 bridgehead atoms. The molecule has 5 unspecified atom stereocenters. The molecule has 5 atom stereocenters. The Morgan fingerprint density at radius 1 is 1.26 bits per heavy atom. The number of hydrogen-bond acceptors (Lipinski definition) is 2. The van der Waals surface area contributed by atoms with Crippen molar-refractivity contribution in [3.05, 3.63) is 66.0 Å². The number of allylic oxidation sites excluding steroid dienone is 4. The molecule has 2 saturated carbocycles. The molecule has 0 aromatic heterocycles. The van der Waals surface area contributed by atoms with E-state index < -0.39 is 0 Å². The van der Waals surface area contributed by atoms with E-state index in [9.17, 15) is 5.11 Å². The summed E-state index contributed by atoms with van der Waals surface area (Å²) in [6.07, 6.45) is 15.4. The van der Waals surface area contributed by atoms with E-state index in [4.69, 9.17) is 4.74 Å². The molecule has 3 aliphatic carbocycles. The summed E-state index contributed by atoms with van der Waals surface area (Å²) in [6.45, 7) is 8.42. The predicted octanol–water partition coefficient (Wildman–Crippen LogP) is 6.28. The van der Waals surface area contributed by atoms with Crippen molar-refractivity contribution < 1.29 is 9.84 Å². The van der Waals surface area contributed by atoms with Crippen LogP contribution in [0.25, 0.3) is 0 Å². The first-order chi connectivity index (χ1) is 13.1. The number of phenols is 1. The largest absolute Gasteiger partial charge is 0.508 e. The smallest absolute Gasteiger partial charge is 0.119 e. The van der Waals surface area contributed by atoms with E-state index in [0.29, 0.717) is 17.8 Å². The fourth-order valence-corrected chi connectivity index (χ4v) is 6.23. The molecule has 0 radical (unpaired) electrons. The fourth-order valence-electron chi connectivity index (χ4n) is 6.23. The Labute approximate surface area is 163 Å². The minimum Gasteiger partial charge on any atom is -0.508 e. The lowest BCUT2D eigenvalue weighted by molar-refractivity contribution is -0.0356. The Morgan fingerprint density at radius 2 is 2.11 bits per heavy atom. The zero-order chi connectivity index (χ0) is 19.0. The summed E-state index contributed by atoms with van der Waals surface area (Å²) in [5.41, 5.74) is 3.12. The van der Waals surface area contributed by atoms with Gasteiger partial charge in [-0.3, -0.25) is 0 Å². The quantitative estimate of drug-likeness (QED) is 0.503. The van der Waals surface area contributed by atoms with E-state index in [-0.39, 0.29) is 5.41 Å². The van der Waals surface area contributed by atoms with Gasteiger partial charge in [0.2, 0.25) is 0 Å². The van der Waals surface area contributed by atoms with Crippen LogP contribution < -0.4 is 0 Å². The minimum absolute atomic E-state index is 0.258. The maximum absolute atomic E-state index is 9.84. The number of benzene rings is 1. The van der Waals surface area contributed by atoms with Crippen molar-refractivity contribution in [2.24, 2.45) is 17.3 Å². The third-order valence-electron chi connectivity index (χ3n) is 7.56. The van der Waals surface area contributed by atoms with Crippen LogP contribution in [0.5, 0.6) is 5.75 Å². The highest BCUT2D eigenvalue weighted by molar-refractivity contribution is 5.40. The van der Waals surface area contributed by atoms with Crippen LogP contribution in [-0.2, 0) is 11.2 Å². The Bertz CT molecular complexity index is 775. The molecule has 0 heterocycles. The normalized spacial score (nSPS) is 35.4. The molecule has 1 aromatic carbocycles. The standard InChI is InChI=1S/C25H32O2/c1-4-6-7-19(5-2)27-24-13-12-23-22-10-8-17-16-18(26)9-11-20(17)21(22)14-15-25(23,24)3/h4-7,9,11,16,21-24,26H,2,8,10,12-15H2,1,3H3/b6-4-,19-7+. The first kappa shape index (κ1) is 18.4. The van der Waals surface area contributed by atoms with Gasteiger partial charge in [0.25, 0.3) is 0 Å². The van der Waals surface area contributed by atoms with Gasteiger partial charge in [-0.2, -0.15) is 0 Å². The minimum atomic E-state index is 0.258. The Balaban J connectivity index is 1.56. The predicted molar refractivity (Wildman–Crippen MR) is 111 cm³/mol. The summed E-state index contributed by atoms with van der Waals surface area (Å²) in [5, 5.41) is 9.84. The molecule has 27 heavy (non-hydrogen) atoms. The summed E-state index contributed by atoms with van der Waals surface area (Å²) < 4.78 is 6.46. The topological polar surface area (TPSA) is 29.5 Å². The highest BCUT2D eigenvalue weighted by atomic mass is 16.5. The maximum Gasteiger partial charge on any atom is 0.119 e. The molecule has 0 amide bonds. The molecule has 2 nitrogen and oxygen atoms in total. The second kappa shape index (κ2) is 7.22. The van der Waals surface area contributed by atoms with Gasteiger partial charge in [-0.1, -0.05) is 31.7 Å². The average molecular weight is 365 g/mol. The van der Waals surface area contributed by atoms with Gasteiger partial charge in [-0.15, -0.1) is 0 Å². The van der Waals surface area contributed by atoms with Crippen molar-refractivity contribution in [3.8, 4) is 5.75 Å². The molecule has 144 valence electrons. The van der Waals surface area contributed by atoms with Crippen LogP contribution in [0.1, 0.15) is 63.0 Å². The molecular formula is C25H32O2. The monoisotopic (exact) mass is 364 g/mol. The lowest BCUT2D eigenvalue weighted by Gasteiger charge is -2.50. The number of fused-ring (bicyclic) bond motifs is 5. The van der Waals surface area contributed by atoms with Crippen LogP contribution in [0.3, 0.4) is 0 Å². The maximum atomic E-state index is 9.84. The molecule has 3 aliphatic rings. The summed E-state index contributed by atoms with van der Waals surface area (Å²) in [4.78, 5) is 0. The zero-order valence-corrected chi connectivity index (χ0v) is 16.7. The van der Waals surface area contributed by atoms with Crippen LogP contribution in [0.4, 0.5) is 0 Å². The lowest BCUT2D eigenvalue weighted by atomic mass is 9.55. The molecule has 2 heteroatoms. The van der Waals surface area contributed by atoms with E-state index in [1.165, 1.54) is 36.8 Å². The van der Waals surface area contributed by atoms with Gasteiger partial charge in [-0.25, -0.2) is 0 Å². The molecule has 1 aromatic rings. The van der Waals surface area contributed by atoms with Crippen LogP contribution >= 0.6 is 0 Å². The zero-order valence-electron chi connectivity index (χ0n) is 16.7. The van der Waals surface area contributed by atoms with Crippen LogP contribution in [-0.4, -0.2) is 11.2 Å². The van der Waals surface area contributed by atoms with Crippen molar-refractivity contribution >= 4 is 0 Å². The molecule has 4 rings (SSSR count). The highest BCUT2D eigenvalue weighted by Crippen LogP contribution is 2.61. The molecule has 0 aliphatic heterocycles. The first-order valence-electron chi connectivity index (χ1n) is 10.5. The number of phenolic OH excluding ortho intramolecular Hbond substituents is 1. The van der Waals surface area contributed by atoms with E-state index >= 15 is 0 Å². The third kappa shape index (κ3) is 3.13. The van der Waals surface area contributed by atoms with Crippen LogP contribution in [0.15, 0.2) is 54.8 Å². The Kier molecular flexibility index (Phi) is 4.92. The molecule has 0 spiro atoms. The van der Waals surface area contributed by atoms with Crippen molar-refractivity contribution in [2.75, 3.05) is 0 Å². The third-order valence-corrected chi connectivity index (χ3v) is 7.56. The molecule has 2 fully saturated rings. The van der Waals surface area contributed by atoms with Crippen LogP contribution in [0.2, 0.25) is 0 Å². The first-order valence-corrected chi connectivity index (χ1v) is 10.5. The van der Waals surface area contributed by atoms with Crippen molar-refractivity contribution in [1.82, 2.24) is 0 Å². The molecule has 1 N–H and O–H groups in total. The Morgan fingerprint density at radius 3 is 2.89 bits per heavy atom. The second-order valence-corrected chi connectivity index (χ2v) is 8.83. The van der Waals surface area contributed by atoms with Gasteiger partial charge in [0.05, 0.1) is 0 Å². The van der Waals surface area contributed by atoms with Gasteiger partial charge in [0.15, 0.2) is 0 Å². The second-order valence-electron chi connectivity index (χ2n) is 8.83. The number of ether oxygens (including phenoxy) is 1. The van der Waals surface area contributed by atoms with Gasteiger partial charge < -0.3 is 9.84 Å². The van der Waals surface area contributed by atoms with E-state index in [1.807, 2.05) is 43.4 Å². The van der Waals surface area contributed by atoms with E-state index in [2.05, 4.69) is 19.6 Å². The molecular weight excluding hydrogens is 332 g/mol. The van der Waals surface area contributed by atoms with E-state index in [0.717, 1.165) is 30.4 Å². The van der Waals surface area contributed by atoms with Gasteiger partial charge in [0, 0.05) is 5.41 Å². The lowest BCUT2D eigenvalue weighted by Crippen LogP contribution is -2.44. The fraction of sp³-hybridized carbons (Fsp3) is 0.520. The van der Waals surface area contributed by atoms with Crippen molar-refractivity contribution in [3.63, 3.8) is 0 Å². The number of aromatic hydroxyl groups is 1. The SMILES string of the molecule is C=C/C(=C\C=C/C)OC1CCC2C3CCc4cc(O)ccc4C3CCC12C. The number of aryl methyl sites for hydroxylation is 1. The summed E-state index contributed by atoms with van der Waals surface area (Å²) in [6, 6.07) is 6.04. The van der Waals surface area contributed by atoms with Gasteiger partial charge in [0.1, 0.15) is 17.6 Å². The molecule has 0 saturated heterocycles. The van der Waals surface area contributed by atoms with Gasteiger partial charge in [-0.05, 0) is 98.6 Å². The summed E-state index contributed by atoms with van der Waals surface area (Å²) in [7, 11) is 0. The Hall–Kier alpha value is -1.96. The average Bonchev–Trinajstić information content (AvgIpc) is 3.00.